The molecule has 2 amide bonds. The first-order valence-electron chi connectivity index (χ1n) is 15.9. The summed E-state index contributed by atoms with van der Waals surface area (Å²) in [6, 6.07) is 22.0. The zero-order valence-corrected chi connectivity index (χ0v) is 28.0. The summed E-state index contributed by atoms with van der Waals surface area (Å²) in [5.74, 6) is -1.58. The minimum atomic E-state index is -4.35. The zero-order chi connectivity index (χ0) is 35.0. The van der Waals surface area contributed by atoms with Crippen LogP contribution in [0.5, 0.6) is 11.5 Å². The van der Waals surface area contributed by atoms with Crippen LogP contribution >= 0.6 is 0 Å². The Hall–Kier alpha value is -5.37. The fourth-order valence-corrected chi connectivity index (χ4v) is 6.85. The summed E-state index contributed by atoms with van der Waals surface area (Å²) in [6.45, 7) is 3.56. The summed E-state index contributed by atoms with van der Waals surface area (Å²) in [7, 11) is -4.35. The second-order valence-corrected chi connectivity index (χ2v) is 13.2. The van der Waals surface area contributed by atoms with Crippen molar-refractivity contribution in [1.82, 2.24) is 9.88 Å². The van der Waals surface area contributed by atoms with Crippen molar-refractivity contribution in [3.8, 4) is 11.5 Å². The maximum absolute atomic E-state index is 13.3. The van der Waals surface area contributed by atoms with E-state index in [4.69, 9.17) is 14.0 Å². The van der Waals surface area contributed by atoms with E-state index in [1.807, 2.05) is 22.9 Å². The van der Waals surface area contributed by atoms with E-state index < -0.39 is 33.9 Å². The maximum Gasteiger partial charge on any atom is 0.303 e. The number of aliphatic carboxylic acids is 1. The van der Waals surface area contributed by atoms with Crippen LogP contribution in [-0.2, 0) is 26.0 Å². The Morgan fingerprint density at radius 1 is 0.980 bits per heavy atom. The number of aromatic nitrogens is 1. The van der Waals surface area contributed by atoms with E-state index in [1.54, 1.807) is 47.4 Å². The van der Waals surface area contributed by atoms with Crippen LogP contribution in [0.4, 0.5) is 11.4 Å². The topological polar surface area (TPSA) is 177 Å². The minimum Gasteiger partial charge on any atom is -0.494 e. The first-order chi connectivity index (χ1) is 23.5. The molecule has 1 unspecified atom stereocenters. The highest BCUT2D eigenvalue weighted by molar-refractivity contribution is 7.90. The third-order valence-corrected chi connectivity index (χ3v) is 9.49. The lowest BCUT2D eigenvalue weighted by Gasteiger charge is -2.36. The number of nitrogens with zero attached hydrogens (tertiary/aromatic N) is 2. The highest BCUT2D eigenvalue weighted by Crippen LogP contribution is 2.40. The Morgan fingerprint density at radius 2 is 1.73 bits per heavy atom. The third-order valence-electron chi connectivity index (χ3n) is 7.90. The number of aryl methyl sites for hydroxylation is 3. The average Bonchev–Trinajstić information content (AvgIpc) is 3.43. The summed E-state index contributed by atoms with van der Waals surface area (Å²) in [5, 5.41) is 15.6. The zero-order valence-electron chi connectivity index (χ0n) is 27.2. The van der Waals surface area contributed by atoms with E-state index in [2.05, 4.69) is 22.6 Å². The molecule has 2 heterocycles. The van der Waals surface area contributed by atoms with Crippen LogP contribution in [0, 0.1) is 13.8 Å². The van der Waals surface area contributed by atoms with Gasteiger partial charge in [0.25, 0.3) is 21.8 Å². The van der Waals surface area contributed by atoms with E-state index >= 15 is 0 Å². The lowest BCUT2D eigenvalue weighted by molar-refractivity contribution is -0.137. The molecule has 49 heavy (non-hydrogen) atoms. The van der Waals surface area contributed by atoms with E-state index in [0.717, 1.165) is 19.3 Å². The number of sulfonamides is 1. The van der Waals surface area contributed by atoms with Gasteiger partial charge in [-0.05, 0) is 81.5 Å². The molecule has 4 aromatic rings. The first-order valence-corrected chi connectivity index (χ1v) is 17.3. The molecule has 0 saturated carbocycles. The number of amides is 2. The number of carboxylic acid groups (broad SMARTS) is 1. The molecule has 3 N–H and O–H groups in total. The quantitative estimate of drug-likeness (QED) is 0.145. The predicted molar refractivity (Wildman–Crippen MR) is 181 cm³/mol. The molecule has 0 saturated heterocycles. The second-order valence-electron chi connectivity index (χ2n) is 11.6. The third kappa shape index (κ3) is 8.96. The van der Waals surface area contributed by atoms with E-state index in [9.17, 15) is 27.9 Å². The van der Waals surface area contributed by atoms with E-state index in [1.165, 1.54) is 19.4 Å². The second kappa shape index (κ2) is 15.7. The van der Waals surface area contributed by atoms with Gasteiger partial charge in [0, 0.05) is 18.5 Å². The maximum atomic E-state index is 13.3. The van der Waals surface area contributed by atoms with Crippen molar-refractivity contribution in [2.45, 2.75) is 57.0 Å². The van der Waals surface area contributed by atoms with Crippen molar-refractivity contribution in [3.05, 3.63) is 95.4 Å². The lowest BCUT2D eigenvalue weighted by atomic mass is 10.1. The standard InChI is InChI=1S/C35H38N4O9S/c1-23-33(24(2)48-37-23)49(44,45)38-35(43)30-22-39(20-9-15-31(40)41)29-14-8-13-28(32(29)47-30)36-34(42)26-16-18-27(19-17-26)46-21-7-6-12-25-10-4-3-5-11-25/h3-5,8,10-11,13-14,16-19,30H,6-7,9,12,15,20-22H2,1-2H3,(H,36,42)(H,38,43)(H,40,41). The van der Waals surface area contributed by atoms with Crippen LogP contribution in [0.1, 0.15) is 53.1 Å². The Labute approximate surface area is 284 Å². The predicted octanol–water partition coefficient (Wildman–Crippen LogP) is 4.88. The van der Waals surface area contributed by atoms with Crippen molar-refractivity contribution in [1.29, 1.82) is 0 Å². The van der Waals surface area contributed by atoms with Gasteiger partial charge in [0.2, 0.25) is 0 Å². The van der Waals surface area contributed by atoms with E-state index in [-0.39, 0.29) is 53.7 Å². The van der Waals surface area contributed by atoms with Crippen molar-refractivity contribution < 1.29 is 41.9 Å². The molecule has 1 aliphatic heterocycles. The van der Waals surface area contributed by atoms with Crippen LogP contribution < -0.4 is 24.4 Å². The fourth-order valence-electron chi connectivity index (χ4n) is 5.51. The summed E-state index contributed by atoms with van der Waals surface area (Å²) in [5.41, 5.74) is 2.48. The van der Waals surface area contributed by atoms with Gasteiger partial charge in [0.05, 0.1) is 24.5 Å². The fraction of sp³-hybridized carbons (Fsp3) is 0.314. The van der Waals surface area contributed by atoms with Crippen LogP contribution in [0.15, 0.2) is 82.2 Å². The summed E-state index contributed by atoms with van der Waals surface area (Å²) >= 11 is 0. The first kappa shape index (κ1) is 35.0. The van der Waals surface area contributed by atoms with Gasteiger partial charge < -0.3 is 29.3 Å². The van der Waals surface area contributed by atoms with Crippen molar-refractivity contribution in [2.24, 2.45) is 0 Å². The molecule has 0 aliphatic carbocycles. The number of unbranched alkanes of at least 4 members (excludes halogenated alkanes) is 1. The Morgan fingerprint density at radius 3 is 2.43 bits per heavy atom. The lowest BCUT2D eigenvalue weighted by Crippen LogP contribution is -2.50. The van der Waals surface area contributed by atoms with Gasteiger partial charge in [-0.3, -0.25) is 14.4 Å². The molecular weight excluding hydrogens is 652 g/mol. The van der Waals surface area contributed by atoms with Gasteiger partial charge in [0.15, 0.2) is 22.5 Å². The largest absolute Gasteiger partial charge is 0.494 e. The van der Waals surface area contributed by atoms with Gasteiger partial charge in [-0.1, -0.05) is 41.6 Å². The number of ether oxygens (including phenoxy) is 2. The number of carbonyl (C=O) groups excluding carboxylic acids is 2. The average molecular weight is 691 g/mol. The highest BCUT2D eigenvalue weighted by Gasteiger charge is 2.36. The summed E-state index contributed by atoms with van der Waals surface area (Å²) < 4.78 is 45.0. The Balaban J connectivity index is 1.26. The number of rotatable bonds is 15. The number of hydrogen-bond donors (Lipinski definition) is 3. The Kier molecular flexibility index (Phi) is 11.2. The van der Waals surface area contributed by atoms with Gasteiger partial charge in [0.1, 0.15) is 11.4 Å². The Bertz CT molecular complexity index is 1870. The molecule has 0 fully saturated rings. The SMILES string of the molecule is Cc1noc(C)c1S(=O)(=O)NC(=O)C1CN(CCCC(=O)O)c2cccc(NC(=O)c3ccc(OCCCCc4ccccc4)cc3)c2O1. The number of benzene rings is 3. The number of anilines is 2. The van der Waals surface area contributed by atoms with Gasteiger partial charge in [-0.2, -0.15) is 0 Å². The summed E-state index contributed by atoms with van der Waals surface area (Å²) in [6.07, 6.45) is 1.66. The number of hydrogen-bond acceptors (Lipinski definition) is 10. The number of para-hydroxylation sites is 1. The van der Waals surface area contributed by atoms with Gasteiger partial charge in [-0.15, -0.1) is 0 Å². The van der Waals surface area contributed by atoms with E-state index in [0.29, 0.717) is 23.6 Å². The van der Waals surface area contributed by atoms with Crippen LogP contribution in [0.3, 0.4) is 0 Å². The van der Waals surface area contributed by atoms with Gasteiger partial charge in [-0.25, -0.2) is 13.1 Å². The molecule has 0 radical (unpaired) electrons. The molecule has 258 valence electrons. The number of nitrogens with one attached hydrogen (secondary N) is 2. The van der Waals surface area contributed by atoms with Crippen LogP contribution in [0.2, 0.25) is 0 Å². The molecule has 1 aromatic heterocycles. The molecular formula is C35H38N4O9S. The van der Waals surface area contributed by atoms with Crippen LogP contribution in [-0.4, -0.2) is 62.3 Å². The van der Waals surface area contributed by atoms with Crippen molar-refractivity contribution in [2.75, 3.05) is 29.9 Å². The number of carbonyl (C=O) groups is 3. The molecule has 0 bridgehead atoms. The van der Waals surface area contributed by atoms with Crippen molar-refractivity contribution >= 4 is 39.2 Å². The molecule has 1 aliphatic rings. The monoisotopic (exact) mass is 690 g/mol. The molecule has 1 atom stereocenters. The number of carboxylic acids is 1. The van der Waals surface area contributed by atoms with Crippen molar-refractivity contribution in [3.63, 3.8) is 0 Å². The normalized spacial score (nSPS) is 14.0. The van der Waals surface area contributed by atoms with Gasteiger partial charge >= 0.3 is 5.97 Å². The number of fused-ring (bicyclic) bond motifs is 1. The highest BCUT2D eigenvalue weighted by atomic mass is 32.2. The van der Waals surface area contributed by atoms with Crippen LogP contribution in [0.25, 0.3) is 0 Å². The molecule has 5 rings (SSSR count). The molecule has 13 nitrogen and oxygen atoms in total. The molecule has 14 heteroatoms. The molecule has 3 aromatic carbocycles. The molecule has 0 spiro atoms. The minimum absolute atomic E-state index is 0.0198. The summed E-state index contributed by atoms with van der Waals surface area (Å²) in [4.78, 5) is 39.3. The smallest absolute Gasteiger partial charge is 0.303 e.